The van der Waals surface area contributed by atoms with Gasteiger partial charge < -0.3 is 15.2 Å². The first kappa shape index (κ1) is 22.1. The van der Waals surface area contributed by atoms with Gasteiger partial charge in [-0.3, -0.25) is 9.69 Å². The Morgan fingerprint density at radius 3 is 2.47 bits per heavy atom. The number of halogens is 2. The number of carbonyl (C=O) groups excluding carboxylic acids is 2. The maximum absolute atomic E-state index is 13.4. The molecule has 0 spiro atoms. The van der Waals surface area contributed by atoms with Crippen LogP contribution in [0.2, 0.25) is 5.02 Å². The molecule has 0 saturated carbocycles. The summed E-state index contributed by atoms with van der Waals surface area (Å²) in [7, 11) is 0. The van der Waals surface area contributed by atoms with Crippen molar-refractivity contribution in [3.05, 3.63) is 64.9 Å². The predicted octanol–water partition coefficient (Wildman–Crippen LogP) is 3.86. The van der Waals surface area contributed by atoms with Gasteiger partial charge in [0.05, 0.1) is 6.54 Å². The summed E-state index contributed by atoms with van der Waals surface area (Å²) in [4.78, 5) is 26.9. The van der Waals surface area contributed by atoms with Gasteiger partial charge in [-0.2, -0.15) is 0 Å². The van der Waals surface area contributed by atoms with Crippen molar-refractivity contribution >= 4 is 23.5 Å². The number of β-amino-alcohol motifs (C(OH)–C–C–N with tert-alkyl or cyclic N) is 1. The molecule has 1 heterocycles. The van der Waals surface area contributed by atoms with Gasteiger partial charge in [0.15, 0.2) is 0 Å². The Morgan fingerprint density at radius 2 is 1.83 bits per heavy atom. The number of nitrogens with one attached hydrogen (secondary N) is 1. The topological polar surface area (TPSA) is 78.9 Å². The van der Waals surface area contributed by atoms with E-state index < -0.39 is 29.4 Å². The highest BCUT2D eigenvalue weighted by Crippen LogP contribution is 2.34. The standard InChI is InChI=1S/C22H24ClFN2O4/c1-2-3-12-22(15-4-8-17(24)9-5-15)20(28)26(21(29)25-22)13-18(27)14-30-19-10-6-16(23)7-11-19/h4-11,18,27H,2-3,12-14H2,1H3,(H,25,29). The number of rotatable bonds is 9. The van der Waals surface area contributed by atoms with Crippen LogP contribution in [0.1, 0.15) is 31.7 Å². The third kappa shape index (κ3) is 4.74. The molecule has 2 aromatic rings. The van der Waals surface area contributed by atoms with Crippen LogP contribution >= 0.6 is 11.6 Å². The number of imide groups is 1. The smallest absolute Gasteiger partial charge is 0.325 e. The van der Waals surface area contributed by atoms with E-state index in [0.29, 0.717) is 29.2 Å². The SMILES string of the molecule is CCCCC1(c2ccc(F)cc2)NC(=O)N(CC(O)COc2ccc(Cl)cc2)C1=O. The van der Waals surface area contributed by atoms with E-state index >= 15 is 0 Å². The fraction of sp³-hybridized carbons (Fsp3) is 0.364. The van der Waals surface area contributed by atoms with Crippen LogP contribution in [-0.2, 0) is 10.3 Å². The zero-order valence-corrected chi connectivity index (χ0v) is 17.4. The molecular weight excluding hydrogens is 411 g/mol. The number of unbranched alkanes of at least 4 members (excludes halogenated alkanes) is 1. The van der Waals surface area contributed by atoms with Gasteiger partial charge in [0, 0.05) is 5.02 Å². The summed E-state index contributed by atoms with van der Waals surface area (Å²) < 4.78 is 18.9. The van der Waals surface area contributed by atoms with E-state index in [2.05, 4.69) is 5.32 Å². The van der Waals surface area contributed by atoms with Crippen molar-refractivity contribution in [2.75, 3.05) is 13.2 Å². The monoisotopic (exact) mass is 434 g/mol. The van der Waals surface area contributed by atoms with Crippen LogP contribution in [0.4, 0.5) is 9.18 Å². The Balaban J connectivity index is 1.72. The summed E-state index contributed by atoms with van der Waals surface area (Å²) >= 11 is 5.83. The summed E-state index contributed by atoms with van der Waals surface area (Å²) in [5.41, 5.74) is -0.748. The van der Waals surface area contributed by atoms with Crippen LogP contribution in [0.5, 0.6) is 5.75 Å². The third-order valence-electron chi connectivity index (χ3n) is 5.07. The molecule has 2 N–H and O–H groups in total. The molecule has 2 unspecified atom stereocenters. The van der Waals surface area contributed by atoms with Crippen LogP contribution in [0, 0.1) is 5.82 Å². The minimum absolute atomic E-state index is 0.1000. The second-order valence-electron chi connectivity index (χ2n) is 7.28. The van der Waals surface area contributed by atoms with Crippen LogP contribution in [0.15, 0.2) is 48.5 Å². The normalized spacial score (nSPS) is 19.7. The molecule has 1 aliphatic heterocycles. The summed E-state index contributed by atoms with van der Waals surface area (Å²) in [6.07, 6.45) is 0.821. The number of ether oxygens (including phenoxy) is 1. The lowest BCUT2D eigenvalue weighted by Crippen LogP contribution is -2.45. The molecule has 1 aliphatic rings. The largest absolute Gasteiger partial charge is 0.491 e. The van der Waals surface area contributed by atoms with Gasteiger partial charge in [0.1, 0.15) is 29.8 Å². The van der Waals surface area contributed by atoms with Crippen LogP contribution in [0.3, 0.4) is 0 Å². The highest BCUT2D eigenvalue weighted by atomic mass is 35.5. The van der Waals surface area contributed by atoms with E-state index in [4.69, 9.17) is 16.3 Å². The molecule has 30 heavy (non-hydrogen) atoms. The van der Waals surface area contributed by atoms with Crippen molar-refractivity contribution in [1.82, 2.24) is 10.2 Å². The summed E-state index contributed by atoms with van der Waals surface area (Å²) in [6, 6.07) is 11.6. The molecule has 0 bridgehead atoms. The first-order valence-corrected chi connectivity index (χ1v) is 10.2. The molecule has 1 saturated heterocycles. The highest BCUT2D eigenvalue weighted by molar-refractivity contribution is 6.30. The second-order valence-corrected chi connectivity index (χ2v) is 7.72. The van der Waals surface area contributed by atoms with E-state index in [1.165, 1.54) is 24.3 Å². The van der Waals surface area contributed by atoms with Gasteiger partial charge in [-0.1, -0.05) is 43.5 Å². The molecule has 2 aromatic carbocycles. The fourth-order valence-corrected chi connectivity index (χ4v) is 3.59. The minimum atomic E-state index is -1.27. The Bertz CT molecular complexity index is 891. The Labute approximate surface area is 179 Å². The number of hydrogen-bond acceptors (Lipinski definition) is 4. The van der Waals surface area contributed by atoms with Gasteiger partial charge in [0.2, 0.25) is 0 Å². The summed E-state index contributed by atoms with van der Waals surface area (Å²) in [5.74, 6) is -0.370. The van der Waals surface area contributed by atoms with E-state index in [1.807, 2.05) is 6.92 Å². The maximum atomic E-state index is 13.4. The Hall–Kier alpha value is -2.64. The third-order valence-corrected chi connectivity index (χ3v) is 5.32. The fourth-order valence-electron chi connectivity index (χ4n) is 3.46. The average molecular weight is 435 g/mol. The van der Waals surface area contributed by atoms with Gasteiger partial charge in [-0.25, -0.2) is 9.18 Å². The molecule has 1 fully saturated rings. The quantitative estimate of drug-likeness (QED) is 0.587. The molecular formula is C22H24ClFN2O4. The Morgan fingerprint density at radius 1 is 1.17 bits per heavy atom. The number of nitrogens with zero attached hydrogens (tertiary/aromatic N) is 1. The molecule has 3 amide bonds. The van der Waals surface area contributed by atoms with Crippen molar-refractivity contribution < 1.29 is 23.8 Å². The van der Waals surface area contributed by atoms with E-state index in [0.717, 1.165) is 11.3 Å². The zero-order valence-electron chi connectivity index (χ0n) is 16.6. The molecule has 3 rings (SSSR count). The first-order chi connectivity index (χ1) is 14.4. The predicted molar refractivity (Wildman–Crippen MR) is 111 cm³/mol. The maximum Gasteiger partial charge on any atom is 0.325 e. The van der Waals surface area contributed by atoms with Crippen molar-refractivity contribution in [3.8, 4) is 5.75 Å². The second kappa shape index (κ2) is 9.45. The first-order valence-electron chi connectivity index (χ1n) is 9.82. The highest BCUT2D eigenvalue weighted by Gasteiger charge is 2.52. The molecule has 0 aromatic heterocycles. The van der Waals surface area contributed by atoms with E-state index in [-0.39, 0.29) is 13.2 Å². The van der Waals surface area contributed by atoms with E-state index in [9.17, 15) is 19.1 Å². The lowest BCUT2D eigenvalue weighted by molar-refractivity contribution is -0.133. The molecule has 0 aliphatic carbocycles. The number of amides is 3. The summed E-state index contributed by atoms with van der Waals surface area (Å²) in [6.45, 7) is 1.67. The Kier molecular flexibility index (Phi) is 6.95. The molecule has 8 heteroatoms. The number of aliphatic hydroxyl groups is 1. The molecule has 6 nitrogen and oxygen atoms in total. The van der Waals surface area contributed by atoms with Gasteiger partial charge >= 0.3 is 6.03 Å². The lowest BCUT2D eigenvalue weighted by Gasteiger charge is -2.27. The van der Waals surface area contributed by atoms with Gasteiger partial charge in [0.25, 0.3) is 5.91 Å². The molecule has 2 atom stereocenters. The number of aliphatic hydroxyl groups excluding tert-OH is 1. The number of benzene rings is 2. The van der Waals surface area contributed by atoms with Crippen molar-refractivity contribution in [3.63, 3.8) is 0 Å². The number of hydrogen-bond donors (Lipinski definition) is 2. The zero-order chi connectivity index (χ0) is 21.7. The van der Waals surface area contributed by atoms with Crippen LogP contribution < -0.4 is 10.1 Å². The minimum Gasteiger partial charge on any atom is -0.491 e. The lowest BCUT2D eigenvalue weighted by atomic mass is 9.84. The van der Waals surface area contributed by atoms with Crippen LogP contribution in [0.25, 0.3) is 0 Å². The molecule has 0 radical (unpaired) electrons. The van der Waals surface area contributed by atoms with Gasteiger partial charge in [-0.05, 0) is 48.4 Å². The average Bonchev–Trinajstić information content (AvgIpc) is 2.97. The molecule has 160 valence electrons. The van der Waals surface area contributed by atoms with E-state index in [1.54, 1.807) is 24.3 Å². The van der Waals surface area contributed by atoms with Crippen molar-refractivity contribution in [1.29, 1.82) is 0 Å². The van der Waals surface area contributed by atoms with Crippen molar-refractivity contribution in [2.45, 2.75) is 37.8 Å². The van der Waals surface area contributed by atoms with Gasteiger partial charge in [-0.15, -0.1) is 0 Å². The summed E-state index contributed by atoms with van der Waals surface area (Å²) in [5, 5.41) is 13.7. The number of carbonyl (C=O) groups is 2. The van der Waals surface area contributed by atoms with Crippen LogP contribution in [-0.4, -0.2) is 41.2 Å². The number of urea groups is 1. The van der Waals surface area contributed by atoms with Crippen molar-refractivity contribution in [2.24, 2.45) is 0 Å².